The molecule has 0 N–H and O–H groups in total. The van der Waals surface area contributed by atoms with Gasteiger partial charge in [0.05, 0.1) is 17.8 Å². The van der Waals surface area contributed by atoms with Crippen LogP contribution in [0, 0.1) is 10.1 Å². The molecule has 0 atom stereocenters. The summed E-state index contributed by atoms with van der Waals surface area (Å²) in [5.74, 6) is 0. The van der Waals surface area contributed by atoms with Gasteiger partial charge >= 0.3 is 0 Å². The Morgan fingerprint density at radius 1 is 1.10 bits per heavy atom. The van der Waals surface area contributed by atoms with E-state index in [9.17, 15) is 18.5 Å². The lowest BCUT2D eigenvalue weighted by Gasteiger charge is -2.03. The van der Waals surface area contributed by atoms with Gasteiger partial charge < -0.3 is 0 Å². The third-order valence-corrected chi connectivity index (χ3v) is 3.40. The number of non-ortho nitro benzene ring substituents is 1. The molecule has 0 bridgehead atoms. The normalized spacial score (nSPS) is 11.4. The van der Waals surface area contributed by atoms with E-state index in [0.717, 1.165) is 37.5 Å². The molecule has 0 amide bonds. The number of rotatable bonds is 9. The molecule has 7 heteroatoms. The summed E-state index contributed by atoms with van der Waals surface area (Å²) >= 11 is 0. The minimum atomic E-state index is -3.33. The maximum Gasteiger partial charge on any atom is 0.269 e. The summed E-state index contributed by atoms with van der Waals surface area (Å²) < 4.78 is 26.1. The highest BCUT2D eigenvalue weighted by atomic mass is 32.2. The van der Waals surface area contributed by atoms with Gasteiger partial charge in [-0.3, -0.25) is 14.3 Å². The van der Waals surface area contributed by atoms with Crippen molar-refractivity contribution < 1.29 is 17.5 Å². The SMILES string of the molecule is CS(=O)(=O)OCCCCCCc1ccc([N+](=O)[O-])cc1. The zero-order valence-electron chi connectivity index (χ0n) is 11.4. The van der Waals surface area contributed by atoms with Crippen molar-refractivity contribution in [1.29, 1.82) is 0 Å². The van der Waals surface area contributed by atoms with E-state index in [1.165, 1.54) is 12.1 Å². The largest absolute Gasteiger partial charge is 0.270 e. The molecule has 0 spiro atoms. The molecule has 0 heterocycles. The number of hydrogen-bond acceptors (Lipinski definition) is 5. The molecule has 0 unspecified atom stereocenters. The molecule has 6 nitrogen and oxygen atoms in total. The molecule has 0 saturated heterocycles. The Hall–Kier alpha value is -1.47. The Balaban J connectivity index is 2.14. The summed E-state index contributed by atoms with van der Waals surface area (Å²) in [7, 11) is -3.33. The van der Waals surface area contributed by atoms with E-state index >= 15 is 0 Å². The van der Waals surface area contributed by atoms with Gasteiger partial charge in [-0.05, 0) is 24.8 Å². The van der Waals surface area contributed by atoms with Crippen molar-refractivity contribution in [2.45, 2.75) is 32.1 Å². The topological polar surface area (TPSA) is 86.5 Å². The van der Waals surface area contributed by atoms with E-state index < -0.39 is 15.0 Å². The molecular formula is C13H19NO5S. The predicted octanol–water partition coefficient (Wildman–Crippen LogP) is 2.67. The van der Waals surface area contributed by atoms with Gasteiger partial charge in [0, 0.05) is 12.1 Å². The third-order valence-electron chi connectivity index (χ3n) is 2.80. The van der Waals surface area contributed by atoms with Gasteiger partial charge in [-0.25, -0.2) is 0 Å². The minimum Gasteiger partial charge on any atom is -0.270 e. The lowest BCUT2D eigenvalue weighted by atomic mass is 10.1. The number of aryl methyl sites for hydroxylation is 1. The van der Waals surface area contributed by atoms with E-state index in [4.69, 9.17) is 0 Å². The zero-order chi connectivity index (χ0) is 15.0. The fraction of sp³-hybridized carbons (Fsp3) is 0.538. The molecule has 0 fully saturated rings. The van der Waals surface area contributed by atoms with Crippen molar-refractivity contribution in [3.8, 4) is 0 Å². The standard InChI is InChI=1S/C13H19NO5S/c1-20(17,18)19-11-5-3-2-4-6-12-7-9-13(10-8-12)14(15)16/h7-10H,2-6,11H2,1H3. The number of unbranched alkanes of at least 4 members (excludes halogenated alkanes) is 3. The van der Waals surface area contributed by atoms with Gasteiger partial charge in [-0.15, -0.1) is 0 Å². The molecule has 0 radical (unpaired) electrons. The fourth-order valence-corrected chi connectivity index (χ4v) is 2.20. The van der Waals surface area contributed by atoms with Crippen molar-refractivity contribution in [3.63, 3.8) is 0 Å². The van der Waals surface area contributed by atoms with Crippen LogP contribution in [-0.4, -0.2) is 26.2 Å². The lowest BCUT2D eigenvalue weighted by Crippen LogP contribution is -2.03. The first kappa shape index (κ1) is 16.6. The summed E-state index contributed by atoms with van der Waals surface area (Å²) in [6, 6.07) is 6.56. The van der Waals surface area contributed by atoms with Crippen LogP contribution in [0.25, 0.3) is 0 Å². The molecule has 1 aromatic rings. The summed E-state index contributed by atoms with van der Waals surface area (Å²) in [6.45, 7) is 0.233. The Morgan fingerprint density at radius 2 is 1.70 bits per heavy atom. The fourth-order valence-electron chi connectivity index (χ4n) is 1.78. The molecule has 20 heavy (non-hydrogen) atoms. The quantitative estimate of drug-likeness (QED) is 0.303. The Labute approximate surface area is 119 Å². The van der Waals surface area contributed by atoms with Crippen molar-refractivity contribution >= 4 is 15.8 Å². The van der Waals surface area contributed by atoms with Gasteiger partial charge in [0.25, 0.3) is 15.8 Å². The van der Waals surface area contributed by atoms with E-state index in [2.05, 4.69) is 4.18 Å². The van der Waals surface area contributed by atoms with Crippen molar-refractivity contribution in [2.24, 2.45) is 0 Å². The molecule has 1 aromatic carbocycles. The van der Waals surface area contributed by atoms with Crippen LogP contribution in [0.3, 0.4) is 0 Å². The van der Waals surface area contributed by atoms with Crippen molar-refractivity contribution in [3.05, 3.63) is 39.9 Å². The van der Waals surface area contributed by atoms with Crippen LogP contribution in [0.1, 0.15) is 31.2 Å². The summed E-state index contributed by atoms with van der Waals surface area (Å²) in [5, 5.41) is 10.5. The van der Waals surface area contributed by atoms with Gasteiger partial charge in [0.2, 0.25) is 0 Å². The van der Waals surface area contributed by atoms with Crippen LogP contribution in [0.15, 0.2) is 24.3 Å². The summed E-state index contributed by atoms with van der Waals surface area (Å²) in [5.41, 5.74) is 1.18. The Morgan fingerprint density at radius 3 is 2.25 bits per heavy atom. The summed E-state index contributed by atoms with van der Waals surface area (Å²) in [6.07, 6.45) is 5.48. The van der Waals surface area contributed by atoms with E-state index in [1.807, 2.05) is 0 Å². The molecule has 0 aliphatic carbocycles. The first-order chi connectivity index (χ1) is 9.38. The van der Waals surface area contributed by atoms with E-state index in [1.54, 1.807) is 12.1 Å². The Kier molecular flexibility index (Phi) is 6.60. The number of nitro groups is 1. The van der Waals surface area contributed by atoms with Crippen LogP contribution in [0.2, 0.25) is 0 Å². The average molecular weight is 301 g/mol. The van der Waals surface area contributed by atoms with Gasteiger partial charge in [-0.2, -0.15) is 8.42 Å². The third kappa shape index (κ3) is 7.20. The maximum absolute atomic E-state index is 10.7. The molecule has 1 rings (SSSR count). The smallest absolute Gasteiger partial charge is 0.269 e. The average Bonchev–Trinajstić information content (AvgIpc) is 2.37. The monoisotopic (exact) mass is 301 g/mol. The van der Waals surface area contributed by atoms with E-state index in [0.29, 0.717) is 6.42 Å². The lowest BCUT2D eigenvalue weighted by molar-refractivity contribution is -0.384. The first-order valence-electron chi connectivity index (χ1n) is 6.46. The summed E-state index contributed by atoms with van der Waals surface area (Å²) in [4.78, 5) is 10.1. The van der Waals surface area contributed by atoms with Crippen LogP contribution in [0.4, 0.5) is 5.69 Å². The predicted molar refractivity (Wildman–Crippen MR) is 76.1 cm³/mol. The second-order valence-corrected chi connectivity index (χ2v) is 6.26. The highest BCUT2D eigenvalue weighted by Crippen LogP contribution is 2.14. The number of nitrogens with zero attached hydrogens (tertiary/aromatic N) is 1. The second-order valence-electron chi connectivity index (χ2n) is 4.61. The highest BCUT2D eigenvalue weighted by Gasteiger charge is 2.04. The number of hydrogen-bond donors (Lipinski definition) is 0. The molecule has 0 aromatic heterocycles. The van der Waals surface area contributed by atoms with Gasteiger partial charge in [0.1, 0.15) is 0 Å². The highest BCUT2D eigenvalue weighted by molar-refractivity contribution is 7.85. The van der Waals surface area contributed by atoms with Crippen LogP contribution in [-0.2, 0) is 20.7 Å². The zero-order valence-corrected chi connectivity index (χ0v) is 12.3. The number of nitro benzene ring substituents is 1. The molecule has 0 saturated carbocycles. The Bertz CT molecular complexity index is 524. The van der Waals surface area contributed by atoms with E-state index in [-0.39, 0.29) is 12.3 Å². The van der Waals surface area contributed by atoms with Crippen LogP contribution < -0.4 is 0 Å². The minimum absolute atomic E-state index is 0.103. The molecule has 0 aliphatic heterocycles. The van der Waals surface area contributed by atoms with Gasteiger partial charge in [0.15, 0.2) is 0 Å². The van der Waals surface area contributed by atoms with Crippen molar-refractivity contribution in [1.82, 2.24) is 0 Å². The van der Waals surface area contributed by atoms with Crippen LogP contribution in [0.5, 0.6) is 0 Å². The maximum atomic E-state index is 10.7. The molecular weight excluding hydrogens is 282 g/mol. The molecule has 112 valence electrons. The second kappa shape index (κ2) is 7.96. The van der Waals surface area contributed by atoms with Crippen LogP contribution >= 0.6 is 0 Å². The van der Waals surface area contributed by atoms with Crippen molar-refractivity contribution in [2.75, 3.05) is 12.9 Å². The van der Waals surface area contributed by atoms with Gasteiger partial charge in [-0.1, -0.05) is 25.0 Å². The molecule has 0 aliphatic rings. The number of benzene rings is 1. The first-order valence-corrected chi connectivity index (χ1v) is 8.28.